The Labute approximate surface area is 118 Å². The zero-order valence-corrected chi connectivity index (χ0v) is 11.8. The van der Waals surface area contributed by atoms with E-state index in [-0.39, 0.29) is 0 Å². The first kappa shape index (κ1) is 13.3. The number of likely N-dealkylation sites (tertiary alicyclic amines) is 1. The van der Waals surface area contributed by atoms with Gasteiger partial charge in [0.15, 0.2) is 0 Å². The van der Waals surface area contributed by atoms with E-state index >= 15 is 0 Å². The molecule has 0 radical (unpaired) electrons. The van der Waals surface area contributed by atoms with E-state index in [4.69, 9.17) is 4.52 Å². The third-order valence-electron chi connectivity index (χ3n) is 3.74. The van der Waals surface area contributed by atoms with Crippen LogP contribution in [-0.4, -0.2) is 38.8 Å². The molecule has 0 spiro atoms. The molecule has 0 amide bonds. The third kappa shape index (κ3) is 2.73. The molecule has 1 fully saturated rings. The Bertz CT molecular complexity index is 607. The predicted molar refractivity (Wildman–Crippen MR) is 75.0 cm³/mol. The number of aromatic nitrogens is 2. The SMILES string of the molecule is Cc1ccccc1-c1noc(CN2CCC(C)(O)C2)n1. The van der Waals surface area contributed by atoms with Crippen molar-refractivity contribution in [3.63, 3.8) is 0 Å². The highest BCUT2D eigenvalue weighted by molar-refractivity contribution is 5.58. The van der Waals surface area contributed by atoms with Crippen molar-refractivity contribution in [2.75, 3.05) is 13.1 Å². The number of rotatable bonds is 3. The maximum Gasteiger partial charge on any atom is 0.241 e. The summed E-state index contributed by atoms with van der Waals surface area (Å²) in [6.45, 7) is 5.99. The van der Waals surface area contributed by atoms with Crippen LogP contribution in [0.2, 0.25) is 0 Å². The lowest BCUT2D eigenvalue weighted by Crippen LogP contribution is -2.29. The van der Waals surface area contributed by atoms with Crippen molar-refractivity contribution in [1.29, 1.82) is 0 Å². The van der Waals surface area contributed by atoms with Crippen molar-refractivity contribution in [3.8, 4) is 11.4 Å². The van der Waals surface area contributed by atoms with E-state index in [1.54, 1.807) is 0 Å². The van der Waals surface area contributed by atoms with Crippen LogP contribution < -0.4 is 0 Å². The first-order valence-electron chi connectivity index (χ1n) is 6.87. The van der Waals surface area contributed by atoms with Gasteiger partial charge in [-0.2, -0.15) is 4.98 Å². The quantitative estimate of drug-likeness (QED) is 0.926. The lowest BCUT2D eigenvalue weighted by molar-refractivity contribution is 0.0665. The largest absolute Gasteiger partial charge is 0.389 e. The van der Waals surface area contributed by atoms with Crippen LogP contribution >= 0.6 is 0 Å². The maximum atomic E-state index is 9.95. The fourth-order valence-electron chi connectivity index (χ4n) is 2.62. The molecule has 1 atom stereocenters. The van der Waals surface area contributed by atoms with E-state index in [0.717, 1.165) is 24.1 Å². The summed E-state index contributed by atoms with van der Waals surface area (Å²) in [6.07, 6.45) is 0.784. The Balaban J connectivity index is 1.73. The number of benzene rings is 1. The molecule has 2 aromatic rings. The number of nitrogens with zero attached hydrogens (tertiary/aromatic N) is 3. The second kappa shape index (κ2) is 5.00. The Hall–Kier alpha value is -1.72. The summed E-state index contributed by atoms with van der Waals surface area (Å²) in [5.74, 6) is 1.23. The van der Waals surface area contributed by atoms with Crippen molar-refractivity contribution in [1.82, 2.24) is 15.0 Å². The first-order valence-corrected chi connectivity index (χ1v) is 6.87. The fraction of sp³-hybridized carbons (Fsp3) is 0.467. The topological polar surface area (TPSA) is 62.4 Å². The highest BCUT2D eigenvalue weighted by atomic mass is 16.5. The van der Waals surface area contributed by atoms with Crippen LogP contribution in [0.4, 0.5) is 0 Å². The zero-order valence-electron chi connectivity index (χ0n) is 11.8. The monoisotopic (exact) mass is 273 g/mol. The Morgan fingerprint density at radius 1 is 1.40 bits per heavy atom. The van der Waals surface area contributed by atoms with Crippen molar-refractivity contribution >= 4 is 0 Å². The summed E-state index contributed by atoms with van der Waals surface area (Å²) in [6, 6.07) is 7.98. The maximum absolute atomic E-state index is 9.95. The molecular formula is C15H19N3O2. The third-order valence-corrected chi connectivity index (χ3v) is 3.74. The van der Waals surface area contributed by atoms with E-state index in [1.165, 1.54) is 0 Å². The van der Waals surface area contributed by atoms with Gasteiger partial charge in [-0.3, -0.25) is 4.90 Å². The zero-order chi connectivity index (χ0) is 14.2. The molecule has 2 heterocycles. The van der Waals surface area contributed by atoms with Gasteiger partial charge in [0.05, 0.1) is 12.1 Å². The van der Waals surface area contributed by atoms with Gasteiger partial charge in [-0.1, -0.05) is 29.4 Å². The minimum Gasteiger partial charge on any atom is -0.389 e. The van der Waals surface area contributed by atoms with Crippen LogP contribution in [0.25, 0.3) is 11.4 Å². The van der Waals surface area contributed by atoms with E-state index in [0.29, 0.717) is 24.8 Å². The van der Waals surface area contributed by atoms with Crippen LogP contribution in [0, 0.1) is 6.92 Å². The number of hydrogen-bond acceptors (Lipinski definition) is 5. The van der Waals surface area contributed by atoms with Crippen LogP contribution in [-0.2, 0) is 6.54 Å². The summed E-state index contributed by atoms with van der Waals surface area (Å²) >= 11 is 0. The second-order valence-corrected chi connectivity index (χ2v) is 5.78. The minimum atomic E-state index is -0.598. The molecule has 1 aromatic carbocycles. The smallest absolute Gasteiger partial charge is 0.241 e. The molecule has 5 heteroatoms. The van der Waals surface area contributed by atoms with Crippen molar-refractivity contribution in [2.45, 2.75) is 32.4 Å². The summed E-state index contributed by atoms with van der Waals surface area (Å²) < 4.78 is 5.32. The highest BCUT2D eigenvalue weighted by Gasteiger charge is 2.32. The van der Waals surface area contributed by atoms with Crippen LogP contribution in [0.3, 0.4) is 0 Å². The number of aryl methyl sites for hydroxylation is 1. The van der Waals surface area contributed by atoms with Gasteiger partial charge in [-0.25, -0.2) is 0 Å². The lowest BCUT2D eigenvalue weighted by Gasteiger charge is -2.16. The van der Waals surface area contributed by atoms with E-state index in [2.05, 4.69) is 15.0 Å². The summed E-state index contributed by atoms with van der Waals surface area (Å²) in [4.78, 5) is 6.59. The molecule has 1 aliphatic rings. The van der Waals surface area contributed by atoms with Crippen molar-refractivity contribution < 1.29 is 9.63 Å². The molecule has 1 aromatic heterocycles. The molecular weight excluding hydrogens is 254 g/mol. The number of β-amino-alcohol motifs (C(OH)–C–C–N with tert-alkyl or cyclic N) is 1. The average Bonchev–Trinajstić information content (AvgIpc) is 2.97. The standard InChI is InChI=1S/C15H19N3O2/c1-11-5-3-4-6-12(11)14-16-13(20-17-14)9-18-8-7-15(2,19)10-18/h3-6,19H,7-10H2,1-2H3. The van der Waals surface area contributed by atoms with Gasteiger partial charge in [0.1, 0.15) is 0 Å². The van der Waals surface area contributed by atoms with Gasteiger partial charge < -0.3 is 9.63 Å². The van der Waals surface area contributed by atoms with Gasteiger partial charge in [0.2, 0.25) is 11.7 Å². The number of hydrogen-bond donors (Lipinski definition) is 1. The predicted octanol–water partition coefficient (Wildman–Crippen LogP) is 2.00. The minimum absolute atomic E-state index is 0.592. The molecule has 106 valence electrons. The number of aliphatic hydroxyl groups is 1. The van der Waals surface area contributed by atoms with Crippen LogP contribution in [0.15, 0.2) is 28.8 Å². The van der Waals surface area contributed by atoms with Gasteiger partial charge in [-0.15, -0.1) is 0 Å². The first-order chi connectivity index (χ1) is 9.53. The van der Waals surface area contributed by atoms with Crippen LogP contribution in [0.1, 0.15) is 24.8 Å². The molecule has 1 saturated heterocycles. The molecule has 20 heavy (non-hydrogen) atoms. The molecule has 1 unspecified atom stereocenters. The van der Waals surface area contributed by atoms with Gasteiger partial charge >= 0.3 is 0 Å². The highest BCUT2D eigenvalue weighted by Crippen LogP contribution is 2.23. The Morgan fingerprint density at radius 2 is 2.20 bits per heavy atom. The fourth-order valence-corrected chi connectivity index (χ4v) is 2.62. The molecule has 0 bridgehead atoms. The Kier molecular flexibility index (Phi) is 3.31. The molecule has 1 N–H and O–H groups in total. The lowest BCUT2D eigenvalue weighted by atomic mass is 10.1. The normalized spacial score (nSPS) is 23.4. The molecule has 0 aliphatic carbocycles. The summed E-state index contributed by atoms with van der Waals surface area (Å²) in [7, 11) is 0. The van der Waals surface area contributed by atoms with E-state index in [9.17, 15) is 5.11 Å². The van der Waals surface area contributed by atoms with Crippen molar-refractivity contribution in [3.05, 3.63) is 35.7 Å². The molecule has 3 rings (SSSR count). The second-order valence-electron chi connectivity index (χ2n) is 5.78. The molecule has 0 saturated carbocycles. The molecule has 1 aliphatic heterocycles. The summed E-state index contributed by atoms with van der Waals surface area (Å²) in [5, 5.41) is 14.0. The molecule has 5 nitrogen and oxygen atoms in total. The van der Waals surface area contributed by atoms with E-state index in [1.807, 2.05) is 38.1 Å². The van der Waals surface area contributed by atoms with E-state index < -0.39 is 5.60 Å². The average molecular weight is 273 g/mol. The van der Waals surface area contributed by atoms with Gasteiger partial charge in [0.25, 0.3) is 0 Å². The van der Waals surface area contributed by atoms with Crippen molar-refractivity contribution in [2.24, 2.45) is 0 Å². The van der Waals surface area contributed by atoms with Crippen LogP contribution in [0.5, 0.6) is 0 Å². The van der Waals surface area contributed by atoms with Gasteiger partial charge in [0, 0.05) is 18.7 Å². The van der Waals surface area contributed by atoms with Gasteiger partial charge in [-0.05, 0) is 25.8 Å². The Morgan fingerprint density at radius 3 is 2.90 bits per heavy atom. The summed E-state index contributed by atoms with van der Waals surface area (Å²) in [5.41, 5.74) is 1.53.